The number of benzene rings is 2. The number of halogens is 2. The summed E-state index contributed by atoms with van der Waals surface area (Å²) in [6, 6.07) is 9.27. The van der Waals surface area contributed by atoms with Crippen LogP contribution in [0.5, 0.6) is 5.75 Å². The van der Waals surface area contributed by atoms with Crippen LogP contribution in [0, 0.1) is 11.6 Å². The molecule has 2 aromatic rings. The molecule has 0 radical (unpaired) electrons. The first-order chi connectivity index (χ1) is 12.9. The summed E-state index contributed by atoms with van der Waals surface area (Å²) in [6.07, 6.45) is 0. The number of methoxy groups -OCH3 is 1. The molecule has 2 N–H and O–H groups in total. The van der Waals surface area contributed by atoms with Gasteiger partial charge in [-0.3, -0.25) is 14.4 Å². The summed E-state index contributed by atoms with van der Waals surface area (Å²) in [5, 5.41) is 4.29. The summed E-state index contributed by atoms with van der Waals surface area (Å²) < 4.78 is 36.4. The fraction of sp³-hybridized carbons (Fsp3) is 0.167. The predicted octanol–water partition coefficient (Wildman–Crippen LogP) is 1.89. The third kappa shape index (κ3) is 5.77. The highest BCUT2D eigenvalue weighted by atomic mass is 19.1. The van der Waals surface area contributed by atoms with E-state index >= 15 is 0 Å². The summed E-state index contributed by atoms with van der Waals surface area (Å²) in [6.45, 7) is -1.24. The highest BCUT2D eigenvalue weighted by Crippen LogP contribution is 2.17. The minimum absolute atomic E-state index is 0.302. The van der Waals surface area contributed by atoms with E-state index in [9.17, 15) is 23.2 Å². The molecule has 0 saturated heterocycles. The molecular formula is C18H16F2N2O5. The Hall–Kier alpha value is -3.49. The van der Waals surface area contributed by atoms with Crippen molar-refractivity contribution in [3.63, 3.8) is 0 Å². The first-order valence-electron chi connectivity index (χ1n) is 7.72. The van der Waals surface area contributed by atoms with E-state index in [-0.39, 0.29) is 0 Å². The largest absolute Gasteiger partial charge is 0.497 e. The van der Waals surface area contributed by atoms with Gasteiger partial charge in [0.25, 0.3) is 11.8 Å². The van der Waals surface area contributed by atoms with Gasteiger partial charge in [-0.25, -0.2) is 8.78 Å². The van der Waals surface area contributed by atoms with E-state index in [0.717, 1.165) is 18.2 Å². The number of amides is 2. The maximum Gasteiger partial charge on any atom is 0.325 e. The van der Waals surface area contributed by atoms with Crippen LogP contribution >= 0.6 is 0 Å². The molecule has 7 nitrogen and oxygen atoms in total. The molecule has 0 heterocycles. The quantitative estimate of drug-likeness (QED) is 0.718. The van der Waals surface area contributed by atoms with Crippen LogP contribution in [-0.2, 0) is 14.3 Å². The molecule has 0 aliphatic rings. The topological polar surface area (TPSA) is 93.7 Å². The predicted molar refractivity (Wildman–Crippen MR) is 91.3 cm³/mol. The van der Waals surface area contributed by atoms with E-state index in [1.807, 2.05) is 5.32 Å². The maximum absolute atomic E-state index is 13.4. The molecule has 0 atom stereocenters. The fourth-order valence-electron chi connectivity index (χ4n) is 1.99. The molecular weight excluding hydrogens is 362 g/mol. The van der Waals surface area contributed by atoms with Crippen molar-refractivity contribution in [1.82, 2.24) is 5.32 Å². The Labute approximate surface area is 153 Å². The van der Waals surface area contributed by atoms with E-state index < -0.39 is 48.3 Å². The van der Waals surface area contributed by atoms with Gasteiger partial charge in [0.1, 0.15) is 29.6 Å². The lowest BCUT2D eigenvalue weighted by molar-refractivity contribution is -0.146. The molecule has 2 rings (SSSR count). The molecule has 2 amide bonds. The fourth-order valence-corrected chi connectivity index (χ4v) is 1.99. The van der Waals surface area contributed by atoms with Crippen LogP contribution in [0.25, 0.3) is 0 Å². The standard InChI is InChI=1S/C18H16F2N2O5/c1-26-12-7-5-11(6-8-12)18(25)21-9-16(24)27-10-15(23)22-17-13(19)3-2-4-14(17)20/h2-8H,9-10H2,1H3,(H,21,25)(H,22,23). The maximum atomic E-state index is 13.4. The highest BCUT2D eigenvalue weighted by Gasteiger charge is 2.14. The molecule has 0 fully saturated rings. The van der Waals surface area contributed by atoms with Crippen LogP contribution in [0.1, 0.15) is 10.4 Å². The lowest BCUT2D eigenvalue weighted by Crippen LogP contribution is -2.32. The van der Waals surface area contributed by atoms with Crippen molar-refractivity contribution in [3.8, 4) is 5.75 Å². The van der Waals surface area contributed by atoms with Gasteiger partial charge in [0.15, 0.2) is 6.61 Å². The molecule has 27 heavy (non-hydrogen) atoms. The SMILES string of the molecule is COc1ccc(C(=O)NCC(=O)OCC(=O)Nc2c(F)cccc2F)cc1. The van der Waals surface area contributed by atoms with Crippen LogP contribution in [0.4, 0.5) is 14.5 Å². The first kappa shape index (κ1) is 19.8. The summed E-state index contributed by atoms with van der Waals surface area (Å²) in [5.41, 5.74) is -0.331. The Morgan fingerprint density at radius 3 is 2.22 bits per heavy atom. The third-order valence-electron chi connectivity index (χ3n) is 3.34. The molecule has 2 aromatic carbocycles. The third-order valence-corrected chi connectivity index (χ3v) is 3.34. The first-order valence-corrected chi connectivity index (χ1v) is 7.72. The van der Waals surface area contributed by atoms with Gasteiger partial charge >= 0.3 is 5.97 Å². The Bertz CT molecular complexity index is 820. The molecule has 0 aliphatic carbocycles. The highest BCUT2D eigenvalue weighted by molar-refractivity contribution is 5.96. The van der Waals surface area contributed by atoms with E-state index in [0.29, 0.717) is 11.3 Å². The molecule has 0 aromatic heterocycles. The number of anilines is 1. The summed E-state index contributed by atoms with van der Waals surface area (Å²) in [7, 11) is 1.49. The monoisotopic (exact) mass is 378 g/mol. The average molecular weight is 378 g/mol. The van der Waals surface area contributed by atoms with Crippen LogP contribution < -0.4 is 15.4 Å². The molecule has 0 saturated carbocycles. The molecule has 0 aliphatic heterocycles. The second-order valence-electron chi connectivity index (χ2n) is 5.22. The zero-order chi connectivity index (χ0) is 19.8. The number of carbonyl (C=O) groups is 3. The van der Waals surface area contributed by atoms with Gasteiger partial charge in [-0.15, -0.1) is 0 Å². The average Bonchev–Trinajstić information content (AvgIpc) is 2.67. The van der Waals surface area contributed by atoms with E-state index in [2.05, 4.69) is 10.1 Å². The number of ether oxygens (including phenoxy) is 2. The van der Waals surface area contributed by atoms with Gasteiger partial charge < -0.3 is 20.1 Å². The number of hydrogen-bond donors (Lipinski definition) is 2. The van der Waals surface area contributed by atoms with Crippen molar-refractivity contribution in [2.24, 2.45) is 0 Å². The van der Waals surface area contributed by atoms with Gasteiger partial charge in [0.05, 0.1) is 7.11 Å². The van der Waals surface area contributed by atoms with Gasteiger partial charge in [-0.1, -0.05) is 6.07 Å². The second kappa shape index (κ2) is 9.27. The lowest BCUT2D eigenvalue weighted by Gasteiger charge is -2.09. The van der Waals surface area contributed by atoms with Crippen molar-refractivity contribution >= 4 is 23.5 Å². The number of hydrogen-bond acceptors (Lipinski definition) is 5. The number of nitrogens with one attached hydrogen (secondary N) is 2. The van der Waals surface area contributed by atoms with Crippen LogP contribution in [0.15, 0.2) is 42.5 Å². The molecule has 0 spiro atoms. The molecule has 9 heteroatoms. The number of carbonyl (C=O) groups excluding carboxylic acids is 3. The van der Waals surface area contributed by atoms with E-state index in [4.69, 9.17) is 4.74 Å². The Kier molecular flexibility index (Phi) is 6.81. The minimum atomic E-state index is -0.957. The molecule has 0 unspecified atom stereocenters. The van der Waals surface area contributed by atoms with Gasteiger partial charge in [-0.2, -0.15) is 0 Å². The van der Waals surface area contributed by atoms with Crippen LogP contribution in [-0.4, -0.2) is 38.0 Å². The number of esters is 1. The summed E-state index contributed by atoms with van der Waals surface area (Å²) >= 11 is 0. The second-order valence-corrected chi connectivity index (χ2v) is 5.22. The number of para-hydroxylation sites is 1. The van der Waals surface area contributed by atoms with Crippen molar-refractivity contribution in [2.75, 3.05) is 25.6 Å². The van der Waals surface area contributed by atoms with Gasteiger partial charge in [0.2, 0.25) is 0 Å². The Balaban J connectivity index is 1.76. The summed E-state index contributed by atoms with van der Waals surface area (Å²) in [5.74, 6) is -3.67. The Morgan fingerprint density at radius 1 is 1.00 bits per heavy atom. The van der Waals surface area contributed by atoms with Crippen molar-refractivity contribution in [3.05, 3.63) is 59.7 Å². The van der Waals surface area contributed by atoms with E-state index in [1.54, 1.807) is 12.1 Å². The normalized spacial score (nSPS) is 10.0. The lowest BCUT2D eigenvalue weighted by atomic mass is 10.2. The zero-order valence-corrected chi connectivity index (χ0v) is 14.3. The minimum Gasteiger partial charge on any atom is -0.497 e. The van der Waals surface area contributed by atoms with Gasteiger partial charge in [0, 0.05) is 5.56 Å². The summed E-state index contributed by atoms with van der Waals surface area (Å²) in [4.78, 5) is 35.1. The zero-order valence-electron chi connectivity index (χ0n) is 14.3. The smallest absolute Gasteiger partial charge is 0.325 e. The van der Waals surface area contributed by atoms with Gasteiger partial charge in [-0.05, 0) is 36.4 Å². The molecule has 0 bridgehead atoms. The van der Waals surface area contributed by atoms with Crippen molar-refractivity contribution in [1.29, 1.82) is 0 Å². The van der Waals surface area contributed by atoms with Crippen LogP contribution in [0.3, 0.4) is 0 Å². The molecule has 142 valence electrons. The van der Waals surface area contributed by atoms with E-state index in [1.165, 1.54) is 19.2 Å². The van der Waals surface area contributed by atoms with Crippen molar-refractivity contribution < 1.29 is 32.6 Å². The van der Waals surface area contributed by atoms with Crippen LogP contribution in [0.2, 0.25) is 0 Å². The van der Waals surface area contributed by atoms with Crippen molar-refractivity contribution in [2.45, 2.75) is 0 Å². The Morgan fingerprint density at radius 2 is 1.63 bits per heavy atom. The number of rotatable bonds is 7.